The highest BCUT2D eigenvalue weighted by Crippen LogP contribution is 2.37. The third-order valence-electron chi connectivity index (χ3n) is 5.49. The van der Waals surface area contributed by atoms with Gasteiger partial charge in [0.15, 0.2) is 0 Å². The fourth-order valence-electron chi connectivity index (χ4n) is 3.79. The minimum absolute atomic E-state index is 0.120. The van der Waals surface area contributed by atoms with Crippen LogP contribution in [0.2, 0.25) is 6.32 Å². The van der Waals surface area contributed by atoms with E-state index in [0.717, 1.165) is 5.56 Å². The Morgan fingerprint density at radius 2 is 1.94 bits per heavy atom. The van der Waals surface area contributed by atoms with Crippen molar-refractivity contribution >= 4 is 19.0 Å². The van der Waals surface area contributed by atoms with E-state index in [1.54, 1.807) is 41.3 Å². The molecular weight excluding hydrogens is 403 g/mol. The molecule has 2 aliphatic rings. The van der Waals surface area contributed by atoms with Crippen LogP contribution in [0.1, 0.15) is 21.5 Å². The van der Waals surface area contributed by atoms with Gasteiger partial charge in [0.1, 0.15) is 28.9 Å². The molecule has 9 nitrogen and oxygen atoms in total. The summed E-state index contributed by atoms with van der Waals surface area (Å²) >= 11 is 0. The molecule has 1 atom stereocenters. The van der Waals surface area contributed by atoms with Gasteiger partial charge in [0.2, 0.25) is 5.91 Å². The van der Waals surface area contributed by atoms with Gasteiger partial charge in [-0.3, -0.25) is 4.79 Å². The van der Waals surface area contributed by atoms with E-state index in [1.807, 2.05) is 0 Å². The smallest absolute Gasteiger partial charge is 0.522 e. The molecule has 10 heteroatoms. The number of carbonyl (C=O) groups is 2. The molecule has 1 unspecified atom stereocenters. The molecule has 31 heavy (non-hydrogen) atoms. The maximum atomic E-state index is 12.6. The van der Waals surface area contributed by atoms with Crippen molar-refractivity contribution in [3.05, 3.63) is 53.1 Å². The molecule has 0 saturated carbocycles. The second-order valence-corrected chi connectivity index (χ2v) is 7.80. The first-order chi connectivity index (χ1) is 14.8. The minimum Gasteiger partial charge on any atom is -0.535 e. The Kier molecular flexibility index (Phi) is 5.75. The molecule has 5 N–H and O–H groups in total. The van der Waals surface area contributed by atoms with Crippen LogP contribution in [0.5, 0.6) is 17.2 Å². The van der Waals surface area contributed by atoms with Gasteiger partial charge in [-0.15, -0.1) is 0 Å². The number of aromatic hydroxyl groups is 1. The molecule has 0 bridgehead atoms. The molecular formula is C21H23BN2O7. The van der Waals surface area contributed by atoms with Gasteiger partial charge in [-0.2, -0.15) is 0 Å². The Hall–Kier alpha value is -3.24. The first-order valence-electron chi connectivity index (χ1n) is 10.0. The molecule has 2 heterocycles. The summed E-state index contributed by atoms with van der Waals surface area (Å²) in [5.74, 6) is -1.00. The normalized spacial score (nSPS) is 16.7. The van der Waals surface area contributed by atoms with Crippen LogP contribution >= 0.6 is 0 Å². The summed E-state index contributed by atoms with van der Waals surface area (Å²) in [5, 5.41) is 28.7. The number of rotatable bonds is 6. The van der Waals surface area contributed by atoms with E-state index in [9.17, 15) is 24.8 Å². The van der Waals surface area contributed by atoms with E-state index in [4.69, 9.17) is 15.1 Å². The number of aromatic carboxylic acids is 1. The van der Waals surface area contributed by atoms with E-state index in [1.165, 1.54) is 0 Å². The van der Waals surface area contributed by atoms with Crippen LogP contribution in [0, 0.1) is 0 Å². The molecule has 2 aromatic carbocycles. The lowest BCUT2D eigenvalue weighted by atomic mass is 9.78. The van der Waals surface area contributed by atoms with Crippen molar-refractivity contribution in [3.63, 3.8) is 0 Å². The van der Waals surface area contributed by atoms with Crippen LogP contribution in [-0.4, -0.2) is 64.4 Å². The number of phenols is 1. The van der Waals surface area contributed by atoms with Crippen molar-refractivity contribution in [2.24, 2.45) is 5.73 Å². The van der Waals surface area contributed by atoms with E-state index in [-0.39, 0.29) is 34.8 Å². The van der Waals surface area contributed by atoms with Gasteiger partial charge in [-0.1, -0.05) is 18.2 Å². The van der Waals surface area contributed by atoms with E-state index in [0.29, 0.717) is 37.8 Å². The quantitative estimate of drug-likeness (QED) is 0.494. The van der Waals surface area contributed by atoms with Gasteiger partial charge < -0.3 is 35.3 Å². The number of ether oxygens (including phenoxy) is 1. The van der Waals surface area contributed by atoms with Crippen LogP contribution in [0.4, 0.5) is 0 Å². The first kappa shape index (κ1) is 21.0. The topological polar surface area (TPSA) is 143 Å². The zero-order chi connectivity index (χ0) is 22.1. The predicted molar refractivity (Wildman–Crippen MR) is 111 cm³/mol. The SMILES string of the molecule is NC(Cc1ccc(O)cc1)C(=O)N1CC(Oc2ccc3c(c2C(=O)O)OB(O)CC3)C1. The highest BCUT2D eigenvalue weighted by Gasteiger charge is 2.36. The largest absolute Gasteiger partial charge is 0.535 e. The summed E-state index contributed by atoms with van der Waals surface area (Å²) in [7, 11) is -1.05. The van der Waals surface area contributed by atoms with Crippen molar-refractivity contribution in [1.29, 1.82) is 0 Å². The minimum atomic E-state index is -1.20. The summed E-state index contributed by atoms with van der Waals surface area (Å²) in [6.45, 7) is 0.587. The van der Waals surface area contributed by atoms with Gasteiger partial charge in [-0.25, -0.2) is 4.79 Å². The molecule has 0 aromatic heterocycles. The van der Waals surface area contributed by atoms with E-state index >= 15 is 0 Å². The van der Waals surface area contributed by atoms with E-state index in [2.05, 4.69) is 0 Å². The average molecular weight is 426 g/mol. The third-order valence-corrected chi connectivity index (χ3v) is 5.49. The molecule has 2 aliphatic heterocycles. The second-order valence-electron chi connectivity index (χ2n) is 7.80. The number of nitrogens with two attached hydrogens (primary N) is 1. The molecule has 1 saturated heterocycles. The predicted octanol–water partition coefficient (Wildman–Crippen LogP) is 0.665. The molecule has 2 aromatic rings. The van der Waals surface area contributed by atoms with Gasteiger partial charge in [0.05, 0.1) is 19.1 Å². The van der Waals surface area contributed by atoms with Crippen molar-refractivity contribution in [2.45, 2.75) is 31.3 Å². The zero-order valence-electron chi connectivity index (χ0n) is 16.7. The Bertz CT molecular complexity index is 992. The lowest BCUT2D eigenvalue weighted by molar-refractivity contribution is -0.141. The number of hydrogen-bond acceptors (Lipinski definition) is 7. The number of fused-ring (bicyclic) bond motifs is 1. The van der Waals surface area contributed by atoms with Gasteiger partial charge in [0, 0.05) is 0 Å². The number of amides is 1. The Morgan fingerprint density at radius 1 is 1.23 bits per heavy atom. The molecule has 0 aliphatic carbocycles. The summed E-state index contributed by atoms with van der Waals surface area (Å²) in [4.78, 5) is 25.9. The number of nitrogens with zero attached hydrogens (tertiary/aromatic N) is 1. The Morgan fingerprint density at radius 3 is 2.61 bits per heavy atom. The van der Waals surface area contributed by atoms with E-state index < -0.39 is 19.1 Å². The number of benzene rings is 2. The summed E-state index contributed by atoms with van der Waals surface area (Å²) < 4.78 is 11.2. The third kappa shape index (κ3) is 4.45. The number of likely N-dealkylation sites (tertiary alicyclic amines) is 1. The maximum Gasteiger partial charge on any atom is 0.522 e. The van der Waals surface area contributed by atoms with Crippen LogP contribution in [0.15, 0.2) is 36.4 Å². The van der Waals surface area contributed by atoms with Crippen molar-refractivity contribution < 1.29 is 34.2 Å². The van der Waals surface area contributed by atoms with Gasteiger partial charge >= 0.3 is 13.1 Å². The number of carbonyl (C=O) groups excluding carboxylic acids is 1. The number of hydrogen-bond donors (Lipinski definition) is 4. The van der Waals surface area contributed by atoms with Crippen molar-refractivity contribution in [1.82, 2.24) is 4.90 Å². The number of phenolic OH excluding ortho intramolecular Hbond substituents is 1. The van der Waals surface area contributed by atoms with Gasteiger partial charge in [0.25, 0.3) is 0 Å². The van der Waals surface area contributed by atoms with Crippen LogP contribution in [0.3, 0.4) is 0 Å². The summed E-state index contributed by atoms with van der Waals surface area (Å²) in [6.07, 6.45) is 0.891. The number of carboxylic acid groups (broad SMARTS) is 1. The van der Waals surface area contributed by atoms with Gasteiger partial charge in [-0.05, 0) is 48.5 Å². The van der Waals surface area contributed by atoms with Crippen molar-refractivity contribution in [3.8, 4) is 17.2 Å². The van der Waals surface area contributed by atoms with Crippen LogP contribution < -0.4 is 15.1 Å². The highest BCUT2D eigenvalue weighted by molar-refractivity contribution is 6.44. The maximum absolute atomic E-state index is 12.6. The Balaban J connectivity index is 1.37. The molecule has 1 amide bonds. The Labute approximate surface area is 179 Å². The molecule has 1 fully saturated rings. The lowest BCUT2D eigenvalue weighted by Gasteiger charge is -2.40. The highest BCUT2D eigenvalue weighted by atomic mass is 16.5. The number of aryl methyl sites for hydroxylation is 1. The molecule has 0 spiro atoms. The fourth-order valence-corrected chi connectivity index (χ4v) is 3.79. The van der Waals surface area contributed by atoms with Crippen LogP contribution in [-0.2, 0) is 17.6 Å². The average Bonchev–Trinajstić information content (AvgIpc) is 2.70. The molecule has 162 valence electrons. The molecule has 0 radical (unpaired) electrons. The fraction of sp³-hybridized carbons (Fsp3) is 0.333. The summed E-state index contributed by atoms with van der Waals surface area (Å²) in [6, 6.07) is 9.12. The van der Waals surface area contributed by atoms with Crippen LogP contribution in [0.25, 0.3) is 0 Å². The zero-order valence-corrected chi connectivity index (χ0v) is 16.7. The lowest BCUT2D eigenvalue weighted by Crippen LogP contribution is -2.60. The first-order valence-corrected chi connectivity index (χ1v) is 10.0. The van der Waals surface area contributed by atoms with Crippen molar-refractivity contribution in [2.75, 3.05) is 13.1 Å². The molecule has 4 rings (SSSR count). The monoisotopic (exact) mass is 426 g/mol. The second kappa shape index (κ2) is 8.48. The number of carboxylic acids is 1. The standard InChI is InChI=1S/C21H23BN2O7/c23-16(9-12-1-4-14(25)5-2-12)20(26)24-10-15(11-24)30-17-6-3-13-7-8-22(29)31-19(13)18(17)21(27)28/h1-6,15-16,25,29H,7-11,23H2,(H,27,28). The summed E-state index contributed by atoms with van der Waals surface area (Å²) in [5.41, 5.74) is 7.47.